The van der Waals surface area contributed by atoms with E-state index in [-0.39, 0.29) is 17.4 Å². The molecule has 2 heterocycles. The molecule has 0 saturated carbocycles. The van der Waals surface area contributed by atoms with Crippen LogP contribution in [0.4, 0.5) is 4.39 Å². The normalized spacial score (nSPS) is 22.1. The third-order valence-corrected chi connectivity index (χ3v) is 4.40. The maximum atomic E-state index is 13.8. The molecule has 2 aliphatic heterocycles. The second-order valence-corrected chi connectivity index (χ2v) is 6.01. The molecule has 0 radical (unpaired) electrons. The fourth-order valence-corrected chi connectivity index (χ4v) is 3.07. The summed E-state index contributed by atoms with van der Waals surface area (Å²) in [5.74, 6) is -0.873. The summed E-state index contributed by atoms with van der Waals surface area (Å²) in [5, 5.41) is 3.15. The molecule has 2 aliphatic rings. The fraction of sp³-hybridized carbons (Fsp3) is 0.529. The van der Waals surface area contributed by atoms with E-state index in [1.807, 2.05) is 0 Å². The summed E-state index contributed by atoms with van der Waals surface area (Å²) in [6.07, 6.45) is 0.221. The highest BCUT2D eigenvalue weighted by atomic mass is 19.1. The fourth-order valence-electron chi connectivity index (χ4n) is 3.07. The minimum Gasteiger partial charge on any atom is -0.366 e. The van der Waals surface area contributed by atoms with E-state index in [1.54, 1.807) is 21.9 Å². The van der Waals surface area contributed by atoms with Crippen LogP contribution in [-0.4, -0.2) is 73.6 Å². The van der Waals surface area contributed by atoms with Crippen molar-refractivity contribution in [1.29, 1.82) is 0 Å². The van der Waals surface area contributed by atoms with Crippen molar-refractivity contribution in [3.63, 3.8) is 0 Å². The topological polar surface area (TPSA) is 61.9 Å². The molecule has 7 heteroatoms. The molecule has 0 aliphatic carbocycles. The summed E-state index contributed by atoms with van der Waals surface area (Å²) in [5.41, 5.74) is 0.0806. The van der Waals surface area contributed by atoms with Gasteiger partial charge in [-0.1, -0.05) is 12.1 Å². The predicted molar refractivity (Wildman–Crippen MR) is 86.1 cm³/mol. The van der Waals surface area contributed by atoms with E-state index in [1.165, 1.54) is 12.1 Å². The molecule has 1 aromatic rings. The van der Waals surface area contributed by atoms with Crippen molar-refractivity contribution < 1.29 is 18.7 Å². The van der Waals surface area contributed by atoms with Crippen LogP contribution in [0.15, 0.2) is 24.3 Å². The first-order valence-electron chi connectivity index (χ1n) is 8.32. The van der Waals surface area contributed by atoms with Crippen LogP contribution in [0.3, 0.4) is 0 Å². The molecule has 0 aromatic heterocycles. The SMILES string of the molecule is O=C(c1ccccc1F)N1CCCN(C(=O)C2CNCCO2)CC1. The van der Waals surface area contributed by atoms with Gasteiger partial charge in [0.05, 0.1) is 12.2 Å². The van der Waals surface area contributed by atoms with Gasteiger partial charge in [-0.25, -0.2) is 4.39 Å². The lowest BCUT2D eigenvalue weighted by Gasteiger charge is -2.29. The summed E-state index contributed by atoms with van der Waals surface area (Å²) in [4.78, 5) is 28.4. The van der Waals surface area contributed by atoms with Gasteiger partial charge in [0, 0.05) is 39.3 Å². The van der Waals surface area contributed by atoms with E-state index in [9.17, 15) is 14.0 Å². The third kappa shape index (κ3) is 3.73. The Morgan fingerprint density at radius 3 is 2.62 bits per heavy atom. The molecule has 0 spiro atoms. The average Bonchev–Trinajstić information content (AvgIpc) is 2.88. The number of carbonyl (C=O) groups is 2. The second-order valence-electron chi connectivity index (χ2n) is 6.01. The molecule has 2 saturated heterocycles. The third-order valence-electron chi connectivity index (χ3n) is 4.40. The van der Waals surface area contributed by atoms with Crippen molar-refractivity contribution in [2.45, 2.75) is 12.5 Å². The van der Waals surface area contributed by atoms with E-state index in [4.69, 9.17) is 4.74 Å². The van der Waals surface area contributed by atoms with Crippen LogP contribution in [0.2, 0.25) is 0 Å². The Balaban J connectivity index is 1.61. The van der Waals surface area contributed by atoms with Crippen molar-refractivity contribution in [2.24, 2.45) is 0 Å². The quantitative estimate of drug-likeness (QED) is 0.854. The van der Waals surface area contributed by atoms with Crippen LogP contribution in [0.5, 0.6) is 0 Å². The number of ether oxygens (including phenoxy) is 1. The molecule has 24 heavy (non-hydrogen) atoms. The number of nitrogens with zero attached hydrogens (tertiary/aromatic N) is 2. The highest BCUT2D eigenvalue weighted by Gasteiger charge is 2.29. The summed E-state index contributed by atoms with van der Waals surface area (Å²) in [6.45, 7) is 3.75. The van der Waals surface area contributed by atoms with Crippen molar-refractivity contribution in [3.8, 4) is 0 Å². The van der Waals surface area contributed by atoms with Gasteiger partial charge in [-0.3, -0.25) is 9.59 Å². The van der Waals surface area contributed by atoms with Crippen molar-refractivity contribution in [3.05, 3.63) is 35.6 Å². The first kappa shape index (κ1) is 16.9. The zero-order valence-electron chi connectivity index (χ0n) is 13.5. The van der Waals surface area contributed by atoms with E-state index >= 15 is 0 Å². The Labute approximate surface area is 140 Å². The molecular weight excluding hydrogens is 313 g/mol. The Bertz CT molecular complexity index is 604. The maximum Gasteiger partial charge on any atom is 0.256 e. The lowest BCUT2D eigenvalue weighted by Crippen LogP contribution is -2.50. The Hall–Kier alpha value is -1.99. The molecule has 2 amide bonds. The molecule has 1 atom stereocenters. The van der Waals surface area contributed by atoms with Crippen molar-refractivity contribution >= 4 is 11.8 Å². The number of hydrogen-bond acceptors (Lipinski definition) is 4. The van der Waals surface area contributed by atoms with Crippen molar-refractivity contribution in [1.82, 2.24) is 15.1 Å². The standard InChI is InChI=1S/C17H22FN3O3/c18-14-5-2-1-4-13(14)16(22)20-7-3-8-21(10-9-20)17(23)15-12-19-6-11-24-15/h1-2,4-5,15,19H,3,6-12H2. The largest absolute Gasteiger partial charge is 0.366 e. The van der Waals surface area contributed by atoms with Gasteiger partial charge >= 0.3 is 0 Å². The van der Waals surface area contributed by atoms with E-state index in [0.29, 0.717) is 45.8 Å². The van der Waals surface area contributed by atoms with Gasteiger partial charge in [0.2, 0.25) is 0 Å². The monoisotopic (exact) mass is 335 g/mol. The highest BCUT2D eigenvalue weighted by Crippen LogP contribution is 2.13. The Kier molecular flexibility index (Phi) is 5.42. The number of nitrogens with one attached hydrogen (secondary N) is 1. The Morgan fingerprint density at radius 2 is 1.88 bits per heavy atom. The van der Waals surface area contributed by atoms with E-state index < -0.39 is 11.9 Å². The summed E-state index contributed by atoms with van der Waals surface area (Å²) >= 11 is 0. The molecule has 6 nitrogen and oxygen atoms in total. The minimum absolute atomic E-state index is 0.0395. The van der Waals surface area contributed by atoms with Gasteiger partial charge in [0.25, 0.3) is 11.8 Å². The molecule has 2 fully saturated rings. The van der Waals surface area contributed by atoms with Crippen LogP contribution in [0.1, 0.15) is 16.8 Å². The molecule has 0 bridgehead atoms. The number of carbonyl (C=O) groups excluding carboxylic acids is 2. The zero-order chi connectivity index (χ0) is 16.9. The van der Waals surface area contributed by atoms with Crippen molar-refractivity contribution in [2.75, 3.05) is 45.9 Å². The zero-order valence-corrected chi connectivity index (χ0v) is 13.5. The Morgan fingerprint density at radius 1 is 1.12 bits per heavy atom. The first-order valence-corrected chi connectivity index (χ1v) is 8.32. The smallest absolute Gasteiger partial charge is 0.256 e. The number of halogens is 1. The lowest BCUT2D eigenvalue weighted by atomic mass is 10.2. The van der Waals surface area contributed by atoms with E-state index in [2.05, 4.69) is 5.32 Å². The minimum atomic E-state index is -0.513. The van der Waals surface area contributed by atoms with Crippen LogP contribution in [-0.2, 0) is 9.53 Å². The molecule has 3 rings (SSSR count). The summed E-state index contributed by atoms with van der Waals surface area (Å²) in [7, 11) is 0. The van der Waals surface area contributed by atoms with Crippen LogP contribution in [0.25, 0.3) is 0 Å². The van der Waals surface area contributed by atoms with Crippen LogP contribution >= 0.6 is 0 Å². The summed E-state index contributed by atoms with van der Waals surface area (Å²) < 4.78 is 19.3. The molecule has 1 aromatic carbocycles. The van der Waals surface area contributed by atoms with Gasteiger partial charge in [0.1, 0.15) is 11.9 Å². The van der Waals surface area contributed by atoms with Gasteiger partial charge in [-0.05, 0) is 18.6 Å². The van der Waals surface area contributed by atoms with Crippen LogP contribution < -0.4 is 5.32 Å². The highest BCUT2D eigenvalue weighted by molar-refractivity contribution is 5.94. The molecule has 1 N–H and O–H groups in total. The lowest BCUT2D eigenvalue weighted by molar-refractivity contribution is -0.145. The van der Waals surface area contributed by atoms with Gasteiger partial charge in [-0.15, -0.1) is 0 Å². The van der Waals surface area contributed by atoms with Gasteiger partial charge in [0.15, 0.2) is 0 Å². The number of morpholine rings is 1. The molecule has 1 unspecified atom stereocenters. The summed E-state index contributed by atoms with van der Waals surface area (Å²) in [6, 6.07) is 5.99. The predicted octanol–water partition coefficient (Wildman–Crippen LogP) is 0.489. The maximum absolute atomic E-state index is 13.8. The van der Waals surface area contributed by atoms with E-state index in [0.717, 1.165) is 6.54 Å². The van der Waals surface area contributed by atoms with Crippen LogP contribution in [0, 0.1) is 5.82 Å². The molecule has 130 valence electrons. The van der Waals surface area contributed by atoms with Gasteiger partial charge < -0.3 is 19.9 Å². The number of amides is 2. The first-order chi connectivity index (χ1) is 11.7. The average molecular weight is 335 g/mol. The second kappa shape index (κ2) is 7.72. The number of rotatable bonds is 2. The van der Waals surface area contributed by atoms with Gasteiger partial charge in [-0.2, -0.15) is 0 Å². The number of hydrogen-bond donors (Lipinski definition) is 1. The molecular formula is C17H22FN3O3. The number of benzene rings is 1.